The molecule has 5 rings (SSSR count). The Labute approximate surface area is 197 Å². The zero-order valence-corrected chi connectivity index (χ0v) is 19.0. The zero-order valence-electron chi connectivity index (χ0n) is 19.0. The van der Waals surface area contributed by atoms with Crippen LogP contribution in [-0.4, -0.2) is 40.7 Å². The van der Waals surface area contributed by atoms with E-state index in [2.05, 4.69) is 15.7 Å². The molecular formula is C27H27FN2O4. The number of aromatic carboxylic acids is 1. The third kappa shape index (κ3) is 4.43. The molecular weight excluding hydrogens is 435 g/mol. The Morgan fingerprint density at radius 3 is 2.65 bits per heavy atom. The number of nitrogens with zero attached hydrogens (tertiary/aromatic N) is 2. The van der Waals surface area contributed by atoms with Gasteiger partial charge in [-0.2, -0.15) is 0 Å². The molecule has 0 amide bonds. The number of carboxylic acids is 1. The van der Waals surface area contributed by atoms with Gasteiger partial charge in [-0.05, 0) is 79.4 Å². The van der Waals surface area contributed by atoms with Crippen LogP contribution in [0.2, 0.25) is 0 Å². The van der Waals surface area contributed by atoms with Crippen LogP contribution in [0.3, 0.4) is 0 Å². The number of carboxylic acid groups (broad SMARTS) is 1. The molecule has 1 aliphatic heterocycles. The molecule has 2 aromatic carbocycles. The third-order valence-electron chi connectivity index (χ3n) is 6.74. The second kappa shape index (κ2) is 9.35. The van der Waals surface area contributed by atoms with Crippen molar-refractivity contribution >= 4 is 16.9 Å². The van der Waals surface area contributed by atoms with Crippen LogP contribution in [0.25, 0.3) is 10.9 Å². The highest BCUT2D eigenvalue weighted by atomic mass is 19.1. The summed E-state index contributed by atoms with van der Waals surface area (Å²) in [5.41, 5.74) is 4.35. The Balaban J connectivity index is 1.32. The molecule has 0 saturated carbocycles. The molecule has 0 bridgehead atoms. The maximum Gasteiger partial charge on any atom is 0.339 e. The van der Waals surface area contributed by atoms with Gasteiger partial charge in [0, 0.05) is 23.7 Å². The van der Waals surface area contributed by atoms with Crippen molar-refractivity contribution < 1.29 is 23.4 Å². The van der Waals surface area contributed by atoms with E-state index < -0.39 is 5.97 Å². The summed E-state index contributed by atoms with van der Waals surface area (Å²) in [5, 5.41) is 10.6. The maximum absolute atomic E-state index is 14.0. The van der Waals surface area contributed by atoms with E-state index in [1.165, 1.54) is 18.7 Å². The van der Waals surface area contributed by atoms with Crippen LogP contribution in [0.4, 0.5) is 4.39 Å². The molecule has 176 valence electrons. The van der Waals surface area contributed by atoms with Crippen LogP contribution in [0.5, 0.6) is 5.75 Å². The maximum atomic E-state index is 14.0. The molecule has 1 fully saturated rings. The topological polar surface area (TPSA) is 67.8 Å². The van der Waals surface area contributed by atoms with Crippen LogP contribution in [0.1, 0.15) is 45.8 Å². The van der Waals surface area contributed by atoms with E-state index in [9.17, 15) is 14.3 Å². The highest BCUT2D eigenvalue weighted by Gasteiger charge is 2.24. The van der Waals surface area contributed by atoms with E-state index in [1.807, 2.05) is 18.2 Å². The normalized spacial score (nSPS) is 15.1. The van der Waals surface area contributed by atoms with Crippen molar-refractivity contribution in [2.75, 3.05) is 20.2 Å². The van der Waals surface area contributed by atoms with Gasteiger partial charge in [-0.25, -0.2) is 9.18 Å². The Morgan fingerprint density at radius 1 is 1.12 bits per heavy atom. The number of hydrogen-bond acceptors (Lipinski definition) is 4. The van der Waals surface area contributed by atoms with Crippen molar-refractivity contribution in [1.82, 2.24) is 9.47 Å². The fourth-order valence-corrected chi connectivity index (χ4v) is 5.01. The van der Waals surface area contributed by atoms with Crippen molar-refractivity contribution in [2.24, 2.45) is 0 Å². The van der Waals surface area contributed by atoms with Crippen molar-refractivity contribution in [3.8, 4) is 5.75 Å². The largest absolute Gasteiger partial charge is 0.496 e. The fraction of sp³-hybridized carbons (Fsp3) is 0.296. The molecule has 2 aromatic heterocycles. The highest BCUT2D eigenvalue weighted by Crippen LogP contribution is 2.35. The third-order valence-corrected chi connectivity index (χ3v) is 6.74. The van der Waals surface area contributed by atoms with Gasteiger partial charge in [0.2, 0.25) is 0 Å². The molecule has 3 heterocycles. The SMILES string of the molecule is COc1ccc(CN2CCC(c3cn(Cc4ccoc4)c4cc(F)ccc34)CC2)cc1C(=O)O. The standard InChI is InChI=1S/C27H27FN2O4/c1-33-26-5-2-18(12-23(26)27(31)32)14-29-9-6-20(7-10-29)24-16-30(15-19-8-11-34-17-19)25-13-21(28)3-4-22(24)25/h2-5,8,11-13,16-17,20H,6-7,9-10,14-15H2,1H3,(H,31,32). The summed E-state index contributed by atoms with van der Waals surface area (Å²) in [4.78, 5) is 13.9. The van der Waals surface area contributed by atoms with Crippen molar-refractivity contribution in [3.05, 3.63) is 89.3 Å². The first-order chi connectivity index (χ1) is 16.5. The molecule has 4 aromatic rings. The first-order valence-electron chi connectivity index (χ1n) is 11.4. The Bertz CT molecular complexity index is 1300. The van der Waals surface area contributed by atoms with Gasteiger partial charge in [0.25, 0.3) is 0 Å². The Morgan fingerprint density at radius 2 is 1.94 bits per heavy atom. The monoisotopic (exact) mass is 462 g/mol. The Kier molecular flexibility index (Phi) is 6.11. The van der Waals surface area contributed by atoms with E-state index in [0.717, 1.165) is 48.0 Å². The minimum absolute atomic E-state index is 0.188. The summed E-state index contributed by atoms with van der Waals surface area (Å²) < 4.78 is 26.5. The molecule has 0 spiro atoms. The minimum Gasteiger partial charge on any atom is -0.496 e. The number of fused-ring (bicyclic) bond motifs is 1. The first kappa shape index (κ1) is 22.2. The van der Waals surface area contributed by atoms with Crippen molar-refractivity contribution in [2.45, 2.75) is 31.8 Å². The highest BCUT2D eigenvalue weighted by molar-refractivity contribution is 5.91. The van der Waals surface area contributed by atoms with Gasteiger partial charge in [-0.15, -0.1) is 0 Å². The molecule has 0 unspecified atom stereocenters. The van der Waals surface area contributed by atoms with Gasteiger partial charge < -0.3 is 18.8 Å². The van der Waals surface area contributed by atoms with E-state index in [0.29, 0.717) is 24.8 Å². The van der Waals surface area contributed by atoms with Crippen molar-refractivity contribution in [3.63, 3.8) is 0 Å². The van der Waals surface area contributed by atoms with Gasteiger partial charge in [0.15, 0.2) is 0 Å². The second-order valence-electron chi connectivity index (χ2n) is 8.90. The molecule has 6 nitrogen and oxygen atoms in total. The predicted molar refractivity (Wildman–Crippen MR) is 127 cm³/mol. The summed E-state index contributed by atoms with van der Waals surface area (Å²) in [7, 11) is 1.48. The lowest BCUT2D eigenvalue weighted by atomic mass is 9.89. The molecule has 1 aliphatic rings. The lowest BCUT2D eigenvalue weighted by Gasteiger charge is -2.32. The number of likely N-dealkylation sites (tertiary alicyclic amines) is 1. The lowest BCUT2D eigenvalue weighted by Crippen LogP contribution is -2.32. The number of ether oxygens (including phenoxy) is 1. The summed E-state index contributed by atoms with van der Waals surface area (Å²) in [6.07, 6.45) is 7.52. The number of methoxy groups -OCH3 is 1. The number of benzene rings is 2. The number of halogens is 1. The smallest absolute Gasteiger partial charge is 0.339 e. The summed E-state index contributed by atoms with van der Waals surface area (Å²) in [6, 6.07) is 12.3. The molecule has 0 aliphatic carbocycles. The van der Waals surface area contributed by atoms with Crippen LogP contribution in [-0.2, 0) is 13.1 Å². The average molecular weight is 463 g/mol. The molecule has 1 saturated heterocycles. The number of rotatable bonds is 7. The van der Waals surface area contributed by atoms with Gasteiger partial charge in [0.05, 0.1) is 31.7 Å². The molecule has 0 radical (unpaired) electrons. The zero-order chi connectivity index (χ0) is 23.7. The van der Waals surface area contributed by atoms with E-state index >= 15 is 0 Å². The van der Waals surface area contributed by atoms with Crippen LogP contribution >= 0.6 is 0 Å². The number of piperidine rings is 1. The van der Waals surface area contributed by atoms with Crippen LogP contribution in [0, 0.1) is 5.82 Å². The number of carbonyl (C=O) groups is 1. The minimum atomic E-state index is -0.986. The molecule has 34 heavy (non-hydrogen) atoms. The fourth-order valence-electron chi connectivity index (χ4n) is 5.01. The second-order valence-corrected chi connectivity index (χ2v) is 8.90. The molecule has 0 atom stereocenters. The number of aromatic nitrogens is 1. The lowest BCUT2D eigenvalue weighted by molar-refractivity contribution is 0.0693. The van der Waals surface area contributed by atoms with Crippen molar-refractivity contribution in [1.29, 1.82) is 0 Å². The van der Waals surface area contributed by atoms with E-state index in [1.54, 1.807) is 30.7 Å². The Hall–Kier alpha value is -3.58. The van der Waals surface area contributed by atoms with Gasteiger partial charge >= 0.3 is 5.97 Å². The number of hydrogen-bond donors (Lipinski definition) is 1. The van der Waals surface area contributed by atoms with Gasteiger partial charge in [-0.3, -0.25) is 4.90 Å². The van der Waals surface area contributed by atoms with Gasteiger partial charge in [0.1, 0.15) is 17.1 Å². The average Bonchev–Trinajstić information content (AvgIpc) is 3.48. The molecule has 7 heteroatoms. The summed E-state index contributed by atoms with van der Waals surface area (Å²) in [5.74, 6) is -0.459. The van der Waals surface area contributed by atoms with Crippen LogP contribution in [0.15, 0.2) is 65.6 Å². The summed E-state index contributed by atoms with van der Waals surface area (Å²) in [6.45, 7) is 3.16. The quantitative estimate of drug-likeness (QED) is 0.392. The van der Waals surface area contributed by atoms with E-state index in [-0.39, 0.29) is 11.4 Å². The first-order valence-corrected chi connectivity index (χ1v) is 11.4. The van der Waals surface area contributed by atoms with E-state index in [4.69, 9.17) is 9.15 Å². The number of furan rings is 1. The molecule has 1 N–H and O–H groups in total. The van der Waals surface area contributed by atoms with Gasteiger partial charge in [-0.1, -0.05) is 6.07 Å². The predicted octanol–water partition coefficient (Wildman–Crippen LogP) is 5.51. The van der Waals surface area contributed by atoms with Crippen LogP contribution < -0.4 is 4.74 Å². The summed E-state index contributed by atoms with van der Waals surface area (Å²) >= 11 is 0.